The van der Waals surface area contributed by atoms with Crippen molar-refractivity contribution in [3.63, 3.8) is 0 Å². The lowest BCUT2D eigenvalue weighted by atomic mass is 9.98. The molecule has 0 fully saturated rings. The molecular weight excluding hydrogens is 466 g/mol. The summed E-state index contributed by atoms with van der Waals surface area (Å²) in [5, 5.41) is 1.10. The molecule has 0 aliphatic carbocycles. The number of amides is 1. The number of fused-ring (bicyclic) bond motifs is 2. The van der Waals surface area contributed by atoms with Crippen molar-refractivity contribution in [3.8, 4) is 0 Å². The maximum Gasteiger partial charge on any atom is 0.291 e. The Morgan fingerprint density at radius 2 is 1.73 bits per heavy atom. The fraction of sp³-hybridized carbons (Fsp3) is 0.0833. The molecule has 0 spiro atoms. The summed E-state index contributed by atoms with van der Waals surface area (Å²) in [6, 6.07) is 21.5. The Bertz CT molecular complexity index is 1350. The lowest BCUT2D eigenvalue weighted by Crippen LogP contribution is -2.29. The van der Waals surface area contributed by atoms with E-state index >= 15 is 0 Å². The summed E-state index contributed by atoms with van der Waals surface area (Å²) >= 11 is 9.51. The molecule has 3 aromatic carbocycles. The minimum Gasteiger partial charge on any atom is -0.450 e. The highest BCUT2D eigenvalue weighted by molar-refractivity contribution is 9.10. The first-order chi connectivity index (χ1) is 14.5. The standard InChI is InChI=1S/C24H15BrClNO3/c25-16-5-3-4-15(12-16)21-20-22(28)18-6-1-2-7-19(18)30-23(20)24(29)27(21)13-14-8-10-17(26)11-9-14/h1-12,21H,13H2. The van der Waals surface area contributed by atoms with Crippen molar-refractivity contribution in [1.82, 2.24) is 4.90 Å². The quantitative estimate of drug-likeness (QED) is 0.364. The molecule has 1 aliphatic heterocycles. The van der Waals surface area contributed by atoms with E-state index in [1.807, 2.05) is 36.4 Å². The third kappa shape index (κ3) is 3.15. The van der Waals surface area contributed by atoms with Crippen molar-refractivity contribution in [1.29, 1.82) is 0 Å². The molecule has 0 saturated carbocycles. The topological polar surface area (TPSA) is 50.5 Å². The molecule has 148 valence electrons. The number of rotatable bonds is 3. The summed E-state index contributed by atoms with van der Waals surface area (Å²) in [4.78, 5) is 28.5. The van der Waals surface area contributed by atoms with Crippen LogP contribution in [0.5, 0.6) is 0 Å². The molecule has 0 saturated heterocycles. The van der Waals surface area contributed by atoms with Gasteiger partial charge in [-0.2, -0.15) is 0 Å². The van der Waals surface area contributed by atoms with Crippen LogP contribution in [0.2, 0.25) is 5.02 Å². The van der Waals surface area contributed by atoms with E-state index < -0.39 is 6.04 Å². The van der Waals surface area contributed by atoms with Gasteiger partial charge in [0.05, 0.1) is 17.0 Å². The van der Waals surface area contributed by atoms with Gasteiger partial charge in [-0.3, -0.25) is 9.59 Å². The molecule has 2 heterocycles. The predicted molar refractivity (Wildman–Crippen MR) is 120 cm³/mol. The van der Waals surface area contributed by atoms with Crippen molar-refractivity contribution < 1.29 is 9.21 Å². The van der Waals surface area contributed by atoms with Gasteiger partial charge in [-0.25, -0.2) is 0 Å². The molecule has 0 N–H and O–H groups in total. The zero-order valence-electron chi connectivity index (χ0n) is 15.6. The molecule has 1 aliphatic rings. The van der Waals surface area contributed by atoms with E-state index in [0.717, 1.165) is 15.6 Å². The largest absolute Gasteiger partial charge is 0.450 e. The van der Waals surface area contributed by atoms with Crippen molar-refractivity contribution >= 4 is 44.4 Å². The average molecular weight is 481 g/mol. The number of carbonyl (C=O) groups excluding carboxylic acids is 1. The van der Waals surface area contributed by atoms with Crippen LogP contribution in [-0.4, -0.2) is 10.8 Å². The molecule has 1 aromatic heterocycles. The third-order valence-electron chi connectivity index (χ3n) is 5.30. The maximum atomic E-state index is 13.4. The molecular formula is C24H15BrClNO3. The zero-order chi connectivity index (χ0) is 20.8. The molecule has 6 heteroatoms. The molecule has 4 aromatic rings. The number of nitrogens with zero attached hydrogens (tertiary/aromatic N) is 1. The first kappa shape index (κ1) is 19.1. The van der Waals surface area contributed by atoms with E-state index in [4.69, 9.17) is 16.0 Å². The minimum atomic E-state index is -0.540. The molecule has 1 amide bonds. The molecule has 1 atom stereocenters. The third-order valence-corrected chi connectivity index (χ3v) is 6.05. The molecule has 1 unspecified atom stereocenters. The molecule has 0 bridgehead atoms. The van der Waals surface area contributed by atoms with Gasteiger partial charge >= 0.3 is 0 Å². The van der Waals surface area contributed by atoms with E-state index in [2.05, 4.69) is 15.9 Å². The summed E-state index contributed by atoms with van der Waals surface area (Å²) in [5.74, 6) is -0.189. The molecule has 5 rings (SSSR count). The number of carbonyl (C=O) groups is 1. The van der Waals surface area contributed by atoms with E-state index in [1.165, 1.54) is 0 Å². The Kier molecular flexibility index (Phi) is 4.72. The van der Waals surface area contributed by atoms with Gasteiger partial charge in [-0.15, -0.1) is 0 Å². The van der Waals surface area contributed by atoms with Crippen LogP contribution < -0.4 is 5.43 Å². The molecule has 4 nitrogen and oxygen atoms in total. The van der Waals surface area contributed by atoms with E-state index in [-0.39, 0.29) is 17.1 Å². The fourth-order valence-electron chi connectivity index (χ4n) is 3.94. The number of halogens is 2. The Morgan fingerprint density at radius 1 is 0.967 bits per heavy atom. The first-order valence-corrected chi connectivity index (χ1v) is 10.6. The second kappa shape index (κ2) is 7.42. The smallest absolute Gasteiger partial charge is 0.291 e. The van der Waals surface area contributed by atoms with Crippen molar-refractivity contribution in [3.05, 3.63) is 115 Å². The highest BCUT2D eigenvalue weighted by Crippen LogP contribution is 2.39. The maximum absolute atomic E-state index is 13.4. The van der Waals surface area contributed by atoms with Crippen molar-refractivity contribution in [2.45, 2.75) is 12.6 Å². The second-order valence-electron chi connectivity index (χ2n) is 7.19. The minimum absolute atomic E-state index is 0.109. The highest BCUT2D eigenvalue weighted by atomic mass is 79.9. The lowest BCUT2D eigenvalue weighted by molar-refractivity contribution is 0.0714. The van der Waals surface area contributed by atoms with Gasteiger partial charge in [0, 0.05) is 16.0 Å². The Balaban J connectivity index is 1.72. The summed E-state index contributed by atoms with van der Waals surface area (Å²) in [6.07, 6.45) is 0. The van der Waals surface area contributed by atoms with Crippen LogP contribution in [-0.2, 0) is 6.54 Å². The summed E-state index contributed by atoms with van der Waals surface area (Å²) < 4.78 is 6.82. The van der Waals surface area contributed by atoms with Gasteiger partial charge in [0.25, 0.3) is 5.91 Å². The number of benzene rings is 3. The van der Waals surface area contributed by atoms with E-state index in [0.29, 0.717) is 28.1 Å². The Morgan fingerprint density at radius 3 is 2.50 bits per heavy atom. The predicted octanol–water partition coefficient (Wildman–Crippen LogP) is 5.95. The van der Waals surface area contributed by atoms with E-state index in [1.54, 1.807) is 41.3 Å². The fourth-order valence-corrected chi connectivity index (χ4v) is 4.48. The second-order valence-corrected chi connectivity index (χ2v) is 8.54. The van der Waals surface area contributed by atoms with Gasteiger partial charge < -0.3 is 9.32 Å². The summed E-state index contributed by atoms with van der Waals surface area (Å²) in [5.41, 5.74) is 2.37. The van der Waals surface area contributed by atoms with Gasteiger partial charge in [-0.05, 0) is 47.5 Å². The molecule has 0 radical (unpaired) electrons. The van der Waals surface area contributed by atoms with Crippen molar-refractivity contribution in [2.24, 2.45) is 0 Å². The van der Waals surface area contributed by atoms with Gasteiger partial charge in [0.1, 0.15) is 5.58 Å². The monoisotopic (exact) mass is 479 g/mol. The van der Waals surface area contributed by atoms with Crippen LogP contribution in [0.3, 0.4) is 0 Å². The number of hydrogen-bond donors (Lipinski definition) is 0. The van der Waals surface area contributed by atoms with Crippen LogP contribution in [0.1, 0.15) is 33.3 Å². The lowest BCUT2D eigenvalue weighted by Gasteiger charge is -2.25. The van der Waals surface area contributed by atoms with Gasteiger partial charge in [0.2, 0.25) is 5.76 Å². The first-order valence-electron chi connectivity index (χ1n) is 9.39. The summed E-state index contributed by atoms with van der Waals surface area (Å²) in [6.45, 7) is 0.327. The normalized spacial score (nSPS) is 15.6. The average Bonchev–Trinajstić information content (AvgIpc) is 3.02. The van der Waals surface area contributed by atoms with Gasteiger partial charge in [-0.1, -0.05) is 63.9 Å². The van der Waals surface area contributed by atoms with Crippen LogP contribution in [0, 0.1) is 0 Å². The van der Waals surface area contributed by atoms with Gasteiger partial charge in [0.15, 0.2) is 5.43 Å². The van der Waals surface area contributed by atoms with E-state index in [9.17, 15) is 9.59 Å². The van der Waals surface area contributed by atoms with Crippen LogP contribution in [0.15, 0.2) is 86.5 Å². The Hall–Kier alpha value is -2.89. The highest BCUT2D eigenvalue weighted by Gasteiger charge is 2.42. The molecule has 30 heavy (non-hydrogen) atoms. The number of para-hydroxylation sites is 1. The van der Waals surface area contributed by atoms with Crippen LogP contribution >= 0.6 is 27.5 Å². The van der Waals surface area contributed by atoms with Crippen LogP contribution in [0.25, 0.3) is 11.0 Å². The Labute approximate surface area is 185 Å². The zero-order valence-corrected chi connectivity index (χ0v) is 18.0. The van der Waals surface area contributed by atoms with Crippen LogP contribution in [0.4, 0.5) is 0 Å². The number of hydrogen-bond acceptors (Lipinski definition) is 3. The van der Waals surface area contributed by atoms with Crippen molar-refractivity contribution in [2.75, 3.05) is 0 Å². The SMILES string of the molecule is O=C1c2oc3ccccc3c(=O)c2C(c2cccc(Br)c2)N1Cc1ccc(Cl)cc1. The summed E-state index contributed by atoms with van der Waals surface area (Å²) in [7, 11) is 0.